The number of nitrogens with two attached hydrogens (primary N) is 1. The van der Waals surface area contributed by atoms with Crippen LogP contribution in [0, 0.1) is 0 Å². The van der Waals surface area contributed by atoms with Crippen LogP contribution < -0.4 is 10.5 Å². The average Bonchev–Trinajstić information content (AvgIpc) is 2.98. The van der Waals surface area contributed by atoms with Crippen LogP contribution >= 0.6 is 11.3 Å². The number of hydrogen-bond acceptors (Lipinski definition) is 4. The molecule has 134 valence electrons. The molecular weight excluding hydrogens is 368 g/mol. The molecule has 26 heavy (non-hydrogen) atoms. The van der Waals surface area contributed by atoms with Crippen LogP contribution in [0.25, 0.3) is 10.8 Å². The number of benzene rings is 2. The Hall–Kier alpha value is -2.38. The molecule has 0 saturated heterocycles. The molecule has 3 aromatic rings. The molecule has 0 bridgehead atoms. The summed E-state index contributed by atoms with van der Waals surface area (Å²) in [6.45, 7) is 0. The molecule has 3 N–H and O–H groups in total. The molecule has 1 aromatic heterocycles. The van der Waals surface area contributed by atoms with Gasteiger partial charge in [0.25, 0.3) is 15.9 Å². The van der Waals surface area contributed by atoms with E-state index in [0.717, 1.165) is 46.9 Å². The van der Waals surface area contributed by atoms with Crippen LogP contribution in [0.4, 0.5) is 5.00 Å². The molecule has 0 saturated carbocycles. The van der Waals surface area contributed by atoms with Gasteiger partial charge in [-0.15, -0.1) is 11.3 Å². The van der Waals surface area contributed by atoms with E-state index in [0.29, 0.717) is 10.6 Å². The van der Waals surface area contributed by atoms with Gasteiger partial charge in [-0.25, -0.2) is 8.42 Å². The summed E-state index contributed by atoms with van der Waals surface area (Å²) >= 11 is 1.32. The molecule has 1 amide bonds. The first-order valence-electron chi connectivity index (χ1n) is 8.42. The highest BCUT2D eigenvalue weighted by Crippen LogP contribution is 2.39. The molecule has 0 unspecified atom stereocenters. The molecule has 1 aliphatic rings. The van der Waals surface area contributed by atoms with Crippen LogP contribution in [0.2, 0.25) is 0 Å². The Labute approximate surface area is 155 Å². The Morgan fingerprint density at radius 2 is 1.77 bits per heavy atom. The van der Waals surface area contributed by atoms with E-state index in [2.05, 4.69) is 4.72 Å². The first-order chi connectivity index (χ1) is 12.5. The minimum absolute atomic E-state index is 0.165. The smallest absolute Gasteiger partial charge is 0.262 e. The number of nitrogens with one attached hydrogen (secondary N) is 1. The number of hydrogen-bond donors (Lipinski definition) is 2. The van der Waals surface area contributed by atoms with Gasteiger partial charge in [-0.2, -0.15) is 0 Å². The van der Waals surface area contributed by atoms with Crippen LogP contribution in [-0.4, -0.2) is 14.3 Å². The zero-order valence-corrected chi connectivity index (χ0v) is 15.6. The molecule has 2 aromatic carbocycles. The second kappa shape index (κ2) is 6.41. The van der Waals surface area contributed by atoms with Crippen molar-refractivity contribution in [2.75, 3.05) is 4.72 Å². The molecule has 0 aliphatic heterocycles. The van der Waals surface area contributed by atoms with Crippen molar-refractivity contribution in [3.63, 3.8) is 0 Å². The van der Waals surface area contributed by atoms with E-state index < -0.39 is 15.9 Å². The Morgan fingerprint density at radius 3 is 2.54 bits per heavy atom. The number of amides is 1. The Bertz CT molecular complexity index is 1120. The topological polar surface area (TPSA) is 89.3 Å². The first kappa shape index (κ1) is 17.1. The Kier molecular flexibility index (Phi) is 4.20. The molecule has 0 spiro atoms. The maximum Gasteiger partial charge on any atom is 0.262 e. The van der Waals surface area contributed by atoms with Crippen molar-refractivity contribution < 1.29 is 13.2 Å². The molecule has 7 heteroatoms. The SMILES string of the molecule is NC(=O)c1c(NS(=O)(=O)c2ccc3ccccc3c2)sc2c1CCCC2. The standard InChI is InChI=1S/C19H18N2O3S2/c20-18(22)17-15-7-3-4-8-16(15)25-19(17)21-26(23,24)14-10-9-12-5-1-2-6-13(12)11-14/h1-2,5-6,9-11,21H,3-4,7-8H2,(H2,20,22). The van der Waals surface area contributed by atoms with Crippen molar-refractivity contribution in [1.29, 1.82) is 0 Å². The third kappa shape index (κ3) is 2.97. The summed E-state index contributed by atoms with van der Waals surface area (Å²) in [7, 11) is -3.81. The monoisotopic (exact) mass is 386 g/mol. The number of thiophene rings is 1. The van der Waals surface area contributed by atoms with Gasteiger partial charge in [0.2, 0.25) is 0 Å². The van der Waals surface area contributed by atoms with Crippen molar-refractivity contribution >= 4 is 43.0 Å². The van der Waals surface area contributed by atoms with Crippen LogP contribution in [0.5, 0.6) is 0 Å². The van der Waals surface area contributed by atoms with Gasteiger partial charge < -0.3 is 5.73 Å². The number of aryl methyl sites for hydroxylation is 1. The van der Waals surface area contributed by atoms with Crippen LogP contribution in [0.3, 0.4) is 0 Å². The van der Waals surface area contributed by atoms with Gasteiger partial charge in [-0.1, -0.05) is 30.3 Å². The predicted molar refractivity (Wildman–Crippen MR) is 104 cm³/mol. The van der Waals surface area contributed by atoms with E-state index in [1.54, 1.807) is 18.2 Å². The average molecular weight is 386 g/mol. The number of fused-ring (bicyclic) bond motifs is 2. The number of carbonyl (C=O) groups is 1. The fourth-order valence-electron chi connectivity index (χ4n) is 3.41. The number of carbonyl (C=O) groups excluding carboxylic acids is 1. The van der Waals surface area contributed by atoms with Gasteiger partial charge in [0.1, 0.15) is 5.00 Å². The van der Waals surface area contributed by atoms with Gasteiger partial charge in [0.15, 0.2) is 0 Å². The van der Waals surface area contributed by atoms with Crippen molar-refractivity contribution in [1.82, 2.24) is 0 Å². The Morgan fingerprint density at radius 1 is 1.04 bits per heavy atom. The van der Waals surface area contributed by atoms with Crippen LogP contribution in [-0.2, 0) is 22.9 Å². The molecule has 0 radical (unpaired) electrons. The highest BCUT2D eigenvalue weighted by Gasteiger charge is 2.27. The van der Waals surface area contributed by atoms with Crippen LogP contribution in [0.1, 0.15) is 33.6 Å². The highest BCUT2D eigenvalue weighted by molar-refractivity contribution is 7.93. The summed E-state index contributed by atoms with van der Waals surface area (Å²) in [6, 6.07) is 12.6. The van der Waals surface area contributed by atoms with Crippen LogP contribution in [0.15, 0.2) is 47.4 Å². The summed E-state index contributed by atoms with van der Waals surface area (Å²) < 4.78 is 28.3. The van der Waals surface area contributed by atoms with Gasteiger partial charge in [-0.3, -0.25) is 9.52 Å². The third-order valence-electron chi connectivity index (χ3n) is 4.68. The van der Waals surface area contributed by atoms with Gasteiger partial charge in [0.05, 0.1) is 10.5 Å². The summed E-state index contributed by atoms with van der Waals surface area (Å²) in [6.07, 6.45) is 3.66. The summed E-state index contributed by atoms with van der Waals surface area (Å²) in [4.78, 5) is 13.2. The lowest BCUT2D eigenvalue weighted by Crippen LogP contribution is -2.18. The minimum atomic E-state index is -3.81. The van der Waals surface area contributed by atoms with E-state index in [1.807, 2.05) is 24.3 Å². The number of sulfonamides is 1. The van der Waals surface area contributed by atoms with E-state index in [9.17, 15) is 13.2 Å². The summed E-state index contributed by atoms with van der Waals surface area (Å²) in [5.74, 6) is -0.583. The maximum atomic E-state index is 12.9. The number of anilines is 1. The second-order valence-corrected chi connectivity index (χ2v) is 9.18. The van der Waals surface area contributed by atoms with E-state index in [4.69, 9.17) is 5.73 Å². The van der Waals surface area contributed by atoms with Gasteiger partial charge >= 0.3 is 0 Å². The quantitative estimate of drug-likeness (QED) is 0.717. The number of rotatable bonds is 4. The zero-order chi connectivity index (χ0) is 18.3. The van der Waals surface area contributed by atoms with Crippen molar-refractivity contribution in [2.45, 2.75) is 30.6 Å². The summed E-state index contributed by atoms with van der Waals surface area (Å²) in [5.41, 5.74) is 6.78. The number of primary amides is 1. The van der Waals surface area contributed by atoms with Crippen molar-refractivity contribution in [3.05, 3.63) is 58.5 Å². The molecule has 0 atom stereocenters. The van der Waals surface area contributed by atoms with E-state index in [-0.39, 0.29) is 4.90 Å². The zero-order valence-electron chi connectivity index (χ0n) is 14.0. The normalized spacial score (nSPS) is 14.2. The van der Waals surface area contributed by atoms with Crippen molar-refractivity contribution in [3.8, 4) is 0 Å². The maximum absolute atomic E-state index is 12.9. The van der Waals surface area contributed by atoms with Gasteiger partial charge in [-0.05, 0) is 54.2 Å². The fraction of sp³-hybridized carbons (Fsp3) is 0.211. The van der Waals surface area contributed by atoms with E-state index in [1.165, 1.54) is 11.3 Å². The molecule has 4 rings (SSSR count). The van der Waals surface area contributed by atoms with E-state index >= 15 is 0 Å². The second-order valence-electron chi connectivity index (χ2n) is 6.39. The first-order valence-corrected chi connectivity index (χ1v) is 10.7. The summed E-state index contributed by atoms with van der Waals surface area (Å²) in [5, 5.41) is 2.14. The molecule has 5 nitrogen and oxygen atoms in total. The molecule has 0 fully saturated rings. The fourth-order valence-corrected chi connectivity index (χ4v) is 6.05. The molecular formula is C19H18N2O3S2. The lowest BCUT2D eigenvalue weighted by molar-refractivity contribution is 0.100. The minimum Gasteiger partial charge on any atom is -0.365 e. The lowest BCUT2D eigenvalue weighted by Gasteiger charge is -2.11. The molecule has 1 aliphatic carbocycles. The molecule has 1 heterocycles. The lowest BCUT2D eigenvalue weighted by atomic mass is 9.95. The predicted octanol–water partition coefficient (Wildman–Crippen LogP) is 3.68. The third-order valence-corrected chi connectivity index (χ3v) is 7.36. The highest BCUT2D eigenvalue weighted by atomic mass is 32.2. The van der Waals surface area contributed by atoms with Gasteiger partial charge in [0, 0.05) is 4.88 Å². The van der Waals surface area contributed by atoms with Crippen molar-refractivity contribution in [2.24, 2.45) is 5.73 Å². The largest absolute Gasteiger partial charge is 0.365 e. The Balaban J connectivity index is 1.75.